The van der Waals surface area contributed by atoms with Crippen LogP contribution >= 0.6 is 0 Å². The third-order valence-corrected chi connectivity index (χ3v) is 4.80. The molecule has 2 aromatic carbocycles. The Bertz CT molecular complexity index is 819. The van der Waals surface area contributed by atoms with Gasteiger partial charge >= 0.3 is 5.97 Å². The van der Waals surface area contributed by atoms with E-state index in [9.17, 15) is 13.8 Å². The maximum atomic E-state index is 12.2. The number of benzene rings is 2. The molecule has 0 aliphatic rings. The molecule has 0 heterocycles. The molecule has 27 heavy (non-hydrogen) atoms. The highest BCUT2D eigenvalue weighted by molar-refractivity contribution is 7.84. The molecule has 0 spiro atoms. The predicted molar refractivity (Wildman–Crippen MR) is 103 cm³/mol. The summed E-state index contributed by atoms with van der Waals surface area (Å²) < 4.78 is 22.2. The number of rotatable bonds is 8. The number of nitrogens with zero attached hydrogens (tertiary/aromatic N) is 1. The van der Waals surface area contributed by atoms with Crippen LogP contribution in [0.4, 0.5) is 0 Å². The van der Waals surface area contributed by atoms with Crippen molar-refractivity contribution in [2.75, 3.05) is 26.5 Å². The Morgan fingerprint density at radius 2 is 1.74 bits per heavy atom. The monoisotopic (exact) mass is 389 g/mol. The fourth-order valence-electron chi connectivity index (χ4n) is 2.42. The largest absolute Gasteiger partial charge is 0.494 e. The molecule has 2 rings (SSSR count). The molecular formula is C20H23NO5S. The standard InChI is InChI=1S/C20H23NO5S/c1-4-25-16-11-9-15(10-12-16)13-21(2)19(22)14-26-20(23)17-7-5-6-8-18(17)27(3)24/h5-12H,4,13-14H2,1-3H3/t27-/m1/s1. The first-order valence-electron chi connectivity index (χ1n) is 8.47. The van der Waals surface area contributed by atoms with Gasteiger partial charge in [0.1, 0.15) is 5.75 Å². The Kier molecular flexibility index (Phi) is 7.55. The minimum atomic E-state index is -1.32. The van der Waals surface area contributed by atoms with E-state index in [0.717, 1.165) is 11.3 Å². The molecule has 0 saturated heterocycles. The van der Waals surface area contributed by atoms with Crippen molar-refractivity contribution in [3.8, 4) is 5.75 Å². The van der Waals surface area contributed by atoms with Crippen molar-refractivity contribution >= 4 is 22.7 Å². The molecule has 144 valence electrons. The summed E-state index contributed by atoms with van der Waals surface area (Å²) in [5.74, 6) is -0.216. The summed E-state index contributed by atoms with van der Waals surface area (Å²) in [5.41, 5.74) is 1.15. The van der Waals surface area contributed by atoms with Crippen LogP contribution in [0.1, 0.15) is 22.8 Å². The zero-order chi connectivity index (χ0) is 19.8. The van der Waals surface area contributed by atoms with Gasteiger partial charge in [-0.3, -0.25) is 9.00 Å². The molecule has 1 atom stereocenters. The number of amides is 1. The first-order valence-corrected chi connectivity index (χ1v) is 10.0. The average Bonchev–Trinajstić information content (AvgIpc) is 2.67. The Morgan fingerprint density at radius 3 is 2.37 bits per heavy atom. The lowest BCUT2D eigenvalue weighted by Gasteiger charge is -2.17. The third-order valence-electron chi connectivity index (χ3n) is 3.82. The third kappa shape index (κ3) is 5.92. The molecule has 1 amide bonds. The van der Waals surface area contributed by atoms with Gasteiger partial charge in [-0.15, -0.1) is 0 Å². The lowest BCUT2D eigenvalue weighted by Crippen LogP contribution is -2.31. The maximum absolute atomic E-state index is 12.2. The molecule has 0 aliphatic carbocycles. The number of ether oxygens (including phenoxy) is 2. The molecule has 0 saturated carbocycles. The molecule has 0 radical (unpaired) electrons. The maximum Gasteiger partial charge on any atom is 0.339 e. The predicted octanol–water partition coefficient (Wildman–Crippen LogP) is 2.64. The van der Waals surface area contributed by atoms with Gasteiger partial charge in [0.2, 0.25) is 0 Å². The van der Waals surface area contributed by atoms with Gasteiger partial charge < -0.3 is 14.4 Å². The SMILES string of the molecule is CCOc1ccc(CN(C)C(=O)COC(=O)c2ccccc2[S@@](C)=O)cc1. The average molecular weight is 389 g/mol. The van der Waals surface area contributed by atoms with Crippen molar-refractivity contribution < 1.29 is 23.3 Å². The highest BCUT2D eigenvalue weighted by Gasteiger charge is 2.17. The zero-order valence-electron chi connectivity index (χ0n) is 15.6. The van der Waals surface area contributed by atoms with Gasteiger partial charge in [-0.25, -0.2) is 4.79 Å². The zero-order valence-corrected chi connectivity index (χ0v) is 16.5. The van der Waals surface area contributed by atoms with Crippen LogP contribution in [-0.4, -0.2) is 47.5 Å². The number of carbonyl (C=O) groups excluding carboxylic acids is 2. The van der Waals surface area contributed by atoms with Crippen LogP contribution in [0.5, 0.6) is 5.75 Å². The molecule has 0 N–H and O–H groups in total. The summed E-state index contributed by atoms with van der Waals surface area (Å²) in [6.07, 6.45) is 1.49. The van der Waals surface area contributed by atoms with E-state index in [0.29, 0.717) is 18.0 Å². The number of hydrogen-bond donors (Lipinski definition) is 0. The molecule has 2 aromatic rings. The van der Waals surface area contributed by atoms with Crippen LogP contribution in [0.3, 0.4) is 0 Å². The van der Waals surface area contributed by atoms with Crippen LogP contribution in [0.25, 0.3) is 0 Å². The van der Waals surface area contributed by atoms with Gasteiger partial charge in [0.15, 0.2) is 6.61 Å². The molecular weight excluding hydrogens is 366 g/mol. The fourth-order valence-corrected chi connectivity index (χ4v) is 3.15. The van der Waals surface area contributed by atoms with Crippen LogP contribution in [0.15, 0.2) is 53.4 Å². The molecule has 0 unspecified atom stereocenters. The minimum Gasteiger partial charge on any atom is -0.494 e. The van der Waals surface area contributed by atoms with Gasteiger partial charge in [-0.1, -0.05) is 24.3 Å². The summed E-state index contributed by atoms with van der Waals surface area (Å²) >= 11 is 0. The first kappa shape index (κ1) is 20.6. The summed E-state index contributed by atoms with van der Waals surface area (Å²) in [4.78, 5) is 26.3. The van der Waals surface area contributed by atoms with Gasteiger partial charge in [0.25, 0.3) is 5.91 Å². The quantitative estimate of drug-likeness (QED) is 0.649. The second-order valence-electron chi connectivity index (χ2n) is 5.85. The van der Waals surface area contributed by atoms with E-state index >= 15 is 0 Å². The summed E-state index contributed by atoms with van der Waals surface area (Å²) in [6, 6.07) is 14.0. The Labute approximate surface area is 161 Å². The van der Waals surface area contributed by atoms with E-state index in [4.69, 9.17) is 9.47 Å². The first-order chi connectivity index (χ1) is 12.9. The molecule has 0 bridgehead atoms. The van der Waals surface area contributed by atoms with E-state index in [1.807, 2.05) is 31.2 Å². The normalized spacial score (nSPS) is 11.5. The molecule has 7 heteroatoms. The smallest absolute Gasteiger partial charge is 0.339 e. The van der Waals surface area contributed by atoms with E-state index in [2.05, 4.69) is 0 Å². The molecule has 0 aromatic heterocycles. The van der Waals surface area contributed by atoms with Gasteiger partial charge in [-0.05, 0) is 36.8 Å². The lowest BCUT2D eigenvalue weighted by atomic mass is 10.2. The van der Waals surface area contributed by atoms with Crippen LogP contribution in [-0.2, 0) is 26.9 Å². The van der Waals surface area contributed by atoms with Crippen molar-refractivity contribution in [2.45, 2.75) is 18.4 Å². The van der Waals surface area contributed by atoms with Crippen molar-refractivity contribution in [1.29, 1.82) is 0 Å². The second-order valence-corrected chi connectivity index (χ2v) is 7.20. The molecule has 6 nitrogen and oxygen atoms in total. The summed E-state index contributed by atoms with van der Waals surface area (Å²) in [7, 11) is 0.320. The molecule has 0 aliphatic heterocycles. The van der Waals surface area contributed by atoms with Crippen LogP contribution < -0.4 is 4.74 Å². The van der Waals surface area contributed by atoms with Crippen molar-refractivity contribution in [1.82, 2.24) is 4.90 Å². The van der Waals surface area contributed by atoms with E-state index in [-0.39, 0.29) is 18.1 Å². The van der Waals surface area contributed by atoms with E-state index in [1.165, 1.54) is 17.2 Å². The number of esters is 1. The Hall–Kier alpha value is -2.67. The highest BCUT2D eigenvalue weighted by atomic mass is 32.2. The topological polar surface area (TPSA) is 72.9 Å². The Morgan fingerprint density at radius 1 is 1.07 bits per heavy atom. The number of hydrogen-bond acceptors (Lipinski definition) is 5. The van der Waals surface area contributed by atoms with E-state index in [1.54, 1.807) is 25.2 Å². The second kappa shape index (κ2) is 9.87. The summed E-state index contributed by atoms with van der Waals surface area (Å²) in [6.45, 7) is 2.52. The minimum absolute atomic E-state index is 0.209. The molecule has 0 fully saturated rings. The van der Waals surface area contributed by atoms with Gasteiger partial charge in [0.05, 0.1) is 27.9 Å². The van der Waals surface area contributed by atoms with Crippen molar-refractivity contribution in [3.63, 3.8) is 0 Å². The van der Waals surface area contributed by atoms with Gasteiger partial charge in [-0.2, -0.15) is 0 Å². The number of likely N-dealkylation sites (N-methyl/N-ethyl adjacent to an activating group) is 1. The van der Waals surface area contributed by atoms with Crippen LogP contribution in [0, 0.1) is 0 Å². The van der Waals surface area contributed by atoms with Gasteiger partial charge in [0, 0.05) is 19.8 Å². The van der Waals surface area contributed by atoms with E-state index < -0.39 is 16.8 Å². The van der Waals surface area contributed by atoms with Crippen molar-refractivity contribution in [2.24, 2.45) is 0 Å². The number of carbonyl (C=O) groups is 2. The lowest BCUT2D eigenvalue weighted by molar-refractivity contribution is -0.133. The van der Waals surface area contributed by atoms with Crippen LogP contribution in [0.2, 0.25) is 0 Å². The highest BCUT2D eigenvalue weighted by Crippen LogP contribution is 2.15. The Balaban J connectivity index is 1.91. The summed E-state index contributed by atoms with van der Waals surface area (Å²) in [5, 5.41) is 0. The van der Waals surface area contributed by atoms with Crippen molar-refractivity contribution in [3.05, 3.63) is 59.7 Å². The fraction of sp³-hybridized carbons (Fsp3) is 0.300.